The molecule has 0 unspecified atom stereocenters. The summed E-state index contributed by atoms with van der Waals surface area (Å²) >= 11 is 5.17. The Labute approximate surface area is 167 Å². The van der Waals surface area contributed by atoms with E-state index in [0.29, 0.717) is 12.1 Å². The van der Waals surface area contributed by atoms with Crippen LogP contribution in [0.3, 0.4) is 0 Å². The summed E-state index contributed by atoms with van der Waals surface area (Å²) < 4.78 is 15.1. The summed E-state index contributed by atoms with van der Waals surface area (Å²) in [4.78, 5) is 0. The van der Waals surface area contributed by atoms with Gasteiger partial charge >= 0.3 is 0 Å². The molecule has 0 fully saturated rings. The van der Waals surface area contributed by atoms with Crippen LogP contribution in [0.5, 0.6) is 0 Å². The van der Waals surface area contributed by atoms with Crippen molar-refractivity contribution in [3.63, 3.8) is 0 Å². The van der Waals surface area contributed by atoms with Crippen molar-refractivity contribution in [1.82, 2.24) is 20.0 Å². The first-order valence-electron chi connectivity index (χ1n) is 8.85. The lowest BCUT2D eigenvalue weighted by molar-refractivity contribution is 0.372. The molecule has 0 radical (unpaired) electrons. The fraction of sp³-hybridized carbons (Fsp3) is 0.200. The van der Waals surface area contributed by atoms with Gasteiger partial charge in [0.05, 0.1) is 23.1 Å². The minimum absolute atomic E-state index is 0.160. The van der Waals surface area contributed by atoms with Gasteiger partial charge in [-0.2, -0.15) is 5.10 Å². The zero-order chi connectivity index (χ0) is 19.8. The van der Waals surface area contributed by atoms with Crippen molar-refractivity contribution >= 4 is 23.0 Å². The third-order valence-electron chi connectivity index (χ3n) is 4.84. The molecule has 1 aliphatic heterocycles. The summed E-state index contributed by atoms with van der Waals surface area (Å²) in [7, 11) is 0. The fourth-order valence-corrected chi connectivity index (χ4v) is 3.50. The standard InChI is InChI=1S/C20H19FN6S/c1-12-3-9-16(10-4-12)26-13(2)19(23-25-26)17-11-18(27(24-17)20(22)28)14-5-7-15(21)8-6-14/h3-10,18H,11H2,1-2H3,(H2,22,28)/t18-/m1/s1. The van der Waals surface area contributed by atoms with Crippen LogP contribution in [-0.4, -0.2) is 30.8 Å². The summed E-state index contributed by atoms with van der Waals surface area (Å²) in [6.07, 6.45) is 0.552. The molecule has 1 atom stereocenters. The summed E-state index contributed by atoms with van der Waals surface area (Å²) in [6.45, 7) is 3.99. The van der Waals surface area contributed by atoms with E-state index in [1.807, 2.05) is 38.1 Å². The molecule has 2 N–H and O–H groups in total. The van der Waals surface area contributed by atoms with Gasteiger partial charge < -0.3 is 5.73 Å². The highest BCUT2D eigenvalue weighted by atomic mass is 32.1. The molecule has 0 saturated heterocycles. The fourth-order valence-electron chi connectivity index (χ4n) is 3.33. The van der Waals surface area contributed by atoms with Gasteiger partial charge in [0, 0.05) is 6.42 Å². The Hall–Kier alpha value is -3.13. The van der Waals surface area contributed by atoms with Crippen LogP contribution in [0.2, 0.25) is 0 Å². The molecule has 0 spiro atoms. The average molecular weight is 394 g/mol. The summed E-state index contributed by atoms with van der Waals surface area (Å²) in [5, 5.41) is 15.0. The Morgan fingerprint density at radius 2 is 1.79 bits per heavy atom. The number of nitrogens with zero attached hydrogens (tertiary/aromatic N) is 5. The van der Waals surface area contributed by atoms with Gasteiger partial charge in [0.2, 0.25) is 0 Å². The van der Waals surface area contributed by atoms with Crippen molar-refractivity contribution in [2.45, 2.75) is 26.3 Å². The monoisotopic (exact) mass is 394 g/mol. The molecule has 2 aromatic carbocycles. The van der Waals surface area contributed by atoms with Crippen LogP contribution in [0.1, 0.15) is 35.0 Å². The summed E-state index contributed by atoms with van der Waals surface area (Å²) in [6, 6.07) is 14.1. The Morgan fingerprint density at radius 3 is 2.43 bits per heavy atom. The van der Waals surface area contributed by atoms with E-state index in [9.17, 15) is 4.39 Å². The number of hydrogen-bond acceptors (Lipinski definition) is 4. The molecule has 0 bridgehead atoms. The minimum Gasteiger partial charge on any atom is -0.375 e. The van der Waals surface area contributed by atoms with Crippen LogP contribution < -0.4 is 5.73 Å². The highest BCUT2D eigenvalue weighted by Crippen LogP contribution is 2.33. The zero-order valence-corrected chi connectivity index (χ0v) is 16.3. The predicted octanol–water partition coefficient (Wildman–Crippen LogP) is 3.42. The molecular weight excluding hydrogens is 375 g/mol. The molecule has 0 aliphatic carbocycles. The van der Waals surface area contributed by atoms with Crippen LogP contribution in [0.4, 0.5) is 4.39 Å². The predicted molar refractivity (Wildman–Crippen MR) is 110 cm³/mol. The number of hydrogen-bond donors (Lipinski definition) is 1. The quantitative estimate of drug-likeness (QED) is 0.689. The van der Waals surface area contributed by atoms with E-state index in [1.54, 1.807) is 21.8 Å². The first-order chi connectivity index (χ1) is 13.4. The lowest BCUT2D eigenvalue weighted by atomic mass is 10.0. The second kappa shape index (κ2) is 7.12. The lowest BCUT2D eigenvalue weighted by Crippen LogP contribution is -2.31. The molecule has 28 heavy (non-hydrogen) atoms. The third kappa shape index (κ3) is 3.27. The van der Waals surface area contributed by atoms with Gasteiger partial charge in [-0.3, -0.25) is 0 Å². The topological polar surface area (TPSA) is 72.3 Å². The maximum atomic E-state index is 13.3. The van der Waals surface area contributed by atoms with Gasteiger partial charge in [0.1, 0.15) is 11.5 Å². The normalized spacial score (nSPS) is 16.3. The molecule has 0 saturated carbocycles. The maximum Gasteiger partial charge on any atom is 0.187 e. The number of benzene rings is 2. The maximum absolute atomic E-state index is 13.3. The van der Waals surface area contributed by atoms with Crippen LogP contribution in [0, 0.1) is 19.7 Å². The van der Waals surface area contributed by atoms with E-state index in [4.69, 9.17) is 18.0 Å². The summed E-state index contributed by atoms with van der Waals surface area (Å²) in [5.41, 5.74) is 11.2. The number of rotatable bonds is 3. The molecule has 8 heteroatoms. The van der Waals surface area contributed by atoms with Gasteiger partial charge in [-0.25, -0.2) is 14.1 Å². The SMILES string of the molecule is Cc1ccc(-n2nnc(C3=NN(C(N)=S)[C@@H](c4ccc(F)cc4)C3)c2C)cc1. The van der Waals surface area contributed by atoms with E-state index < -0.39 is 0 Å². The van der Waals surface area contributed by atoms with Crippen LogP contribution in [0.25, 0.3) is 5.69 Å². The van der Waals surface area contributed by atoms with Crippen molar-refractivity contribution in [3.8, 4) is 5.69 Å². The number of aromatic nitrogens is 3. The van der Waals surface area contributed by atoms with Crippen molar-refractivity contribution in [2.24, 2.45) is 10.8 Å². The van der Waals surface area contributed by atoms with Crippen molar-refractivity contribution in [2.75, 3.05) is 0 Å². The Morgan fingerprint density at radius 1 is 1.11 bits per heavy atom. The Kier molecular flexibility index (Phi) is 4.64. The van der Waals surface area contributed by atoms with Gasteiger partial charge in [0.15, 0.2) is 5.11 Å². The van der Waals surface area contributed by atoms with Crippen LogP contribution in [0.15, 0.2) is 53.6 Å². The first kappa shape index (κ1) is 18.2. The molecule has 0 amide bonds. The van der Waals surface area contributed by atoms with Crippen molar-refractivity contribution < 1.29 is 4.39 Å². The molecule has 1 aromatic heterocycles. The number of hydrazone groups is 1. The molecule has 1 aliphatic rings. The third-order valence-corrected chi connectivity index (χ3v) is 5.02. The molecule has 142 valence electrons. The first-order valence-corrected chi connectivity index (χ1v) is 9.26. The van der Waals surface area contributed by atoms with E-state index in [2.05, 4.69) is 15.4 Å². The number of thiocarbonyl (C=S) groups is 1. The number of aryl methyl sites for hydroxylation is 1. The van der Waals surface area contributed by atoms with Crippen molar-refractivity contribution in [3.05, 3.63) is 76.9 Å². The largest absolute Gasteiger partial charge is 0.375 e. The Bertz CT molecular complexity index is 1060. The lowest BCUT2D eigenvalue weighted by Gasteiger charge is -2.21. The summed E-state index contributed by atoms with van der Waals surface area (Å²) in [5.74, 6) is -0.290. The number of halogens is 1. The van der Waals surface area contributed by atoms with Gasteiger partial charge in [-0.15, -0.1) is 5.10 Å². The van der Waals surface area contributed by atoms with Crippen LogP contribution in [-0.2, 0) is 0 Å². The van der Waals surface area contributed by atoms with Crippen LogP contribution >= 0.6 is 12.2 Å². The molecule has 4 rings (SSSR count). The molecule has 6 nitrogen and oxygen atoms in total. The average Bonchev–Trinajstić information content (AvgIpc) is 3.27. The highest BCUT2D eigenvalue weighted by molar-refractivity contribution is 7.80. The molecular formula is C20H19FN6S. The van der Waals surface area contributed by atoms with Gasteiger partial charge in [-0.1, -0.05) is 35.0 Å². The minimum atomic E-state index is -0.290. The molecule has 3 aromatic rings. The second-order valence-electron chi connectivity index (χ2n) is 6.77. The van der Waals surface area contributed by atoms with E-state index in [1.165, 1.54) is 17.7 Å². The number of nitrogens with two attached hydrogens (primary N) is 1. The van der Waals surface area contributed by atoms with Gasteiger partial charge in [0.25, 0.3) is 0 Å². The van der Waals surface area contributed by atoms with E-state index in [-0.39, 0.29) is 17.0 Å². The highest BCUT2D eigenvalue weighted by Gasteiger charge is 2.32. The smallest absolute Gasteiger partial charge is 0.187 e. The van der Waals surface area contributed by atoms with E-state index >= 15 is 0 Å². The molecule has 2 heterocycles. The van der Waals surface area contributed by atoms with E-state index in [0.717, 1.165) is 22.7 Å². The van der Waals surface area contributed by atoms with Gasteiger partial charge in [-0.05, 0) is 55.9 Å². The zero-order valence-electron chi connectivity index (χ0n) is 15.5. The second-order valence-corrected chi connectivity index (χ2v) is 7.19. The Balaban J connectivity index is 1.68. The van der Waals surface area contributed by atoms with Crippen molar-refractivity contribution in [1.29, 1.82) is 0 Å².